The van der Waals surface area contributed by atoms with E-state index in [0.29, 0.717) is 18.8 Å². The van der Waals surface area contributed by atoms with Crippen LogP contribution < -0.4 is 5.32 Å². The summed E-state index contributed by atoms with van der Waals surface area (Å²) in [7, 11) is 0. The third-order valence-electron chi connectivity index (χ3n) is 4.28. The molecule has 3 rings (SSSR count). The van der Waals surface area contributed by atoms with Gasteiger partial charge >= 0.3 is 0 Å². The predicted octanol–water partition coefficient (Wildman–Crippen LogP) is 0.247. The molecule has 10 heteroatoms. The first kappa shape index (κ1) is 17.9. The summed E-state index contributed by atoms with van der Waals surface area (Å²) in [4.78, 5) is 14.7. The molecule has 2 aromatic rings. The molecule has 136 valence electrons. The van der Waals surface area contributed by atoms with Gasteiger partial charge in [-0.1, -0.05) is 5.21 Å². The SMILES string of the molecule is Cc1nsnc1Cn1nnc(C(=O)NCCCN2CCOCC2)c1C. The summed E-state index contributed by atoms with van der Waals surface area (Å²) in [5, 5.41) is 11.0. The third-order valence-corrected chi connectivity index (χ3v) is 4.94. The minimum Gasteiger partial charge on any atom is -0.379 e. The Balaban J connectivity index is 1.48. The fourth-order valence-corrected chi connectivity index (χ4v) is 3.23. The Morgan fingerprint density at radius 2 is 2.08 bits per heavy atom. The zero-order chi connectivity index (χ0) is 17.6. The average molecular weight is 365 g/mol. The minimum absolute atomic E-state index is 0.182. The van der Waals surface area contributed by atoms with Crippen molar-refractivity contribution in [2.24, 2.45) is 0 Å². The molecule has 0 spiro atoms. The summed E-state index contributed by atoms with van der Waals surface area (Å²) >= 11 is 1.18. The number of aromatic nitrogens is 5. The lowest BCUT2D eigenvalue weighted by molar-refractivity contribution is 0.0374. The lowest BCUT2D eigenvalue weighted by Gasteiger charge is -2.26. The van der Waals surface area contributed by atoms with Gasteiger partial charge in [-0.25, -0.2) is 4.68 Å². The van der Waals surface area contributed by atoms with Gasteiger partial charge in [0.1, 0.15) is 0 Å². The fourth-order valence-electron chi connectivity index (χ4n) is 2.67. The molecule has 0 radical (unpaired) electrons. The number of nitrogens with zero attached hydrogens (tertiary/aromatic N) is 6. The quantitative estimate of drug-likeness (QED) is 0.702. The number of carbonyl (C=O) groups is 1. The zero-order valence-corrected chi connectivity index (χ0v) is 15.4. The van der Waals surface area contributed by atoms with Crippen LogP contribution in [0.25, 0.3) is 0 Å². The van der Waals surface area contributed by atoms with Crippen molar-refractivity contribution < 1.29 is 9.53 Å². The van der Waals surface area contributed by atoms with Crippen LogP contribution >= 0.6 is 11.7 Å². The number of ether oxygens (including phenoxy) is 1. The van der Waals surface area contributed by atoms with Crippen LogP contribution in [0.4, 0.5) is 0 Å². The van der Waals surface area contributed by atoms with Crippen molar-refractivity contribution in [2.45, 2.75) is 26.8 Å². The second-order valence-corrected chi connectivity index (χ2v) is 6.57. The molecule has 0 aliphatic carbocycles. The van der Waals surface area contributed by atoms with E-state index in [-0.39, 0.29) is 5.91 Å². The van der Waals surface area contributed by atoms with E-state index >= 15 is 0 Å². The topological polar surface area (TPSA) is 98.1 Å². The molecule has 1 fully saturated rings. The van der Waals surface area contributed by atoms with Crippen LogP contribution in [0.3, 0.4) is 0 Å². The highest BCUT2D eigenvalue weighted by Crippen LogP contribution is 2.10. The van der Waals surface area contributed by atoms with Gasteiger partial charge in [-0.15, -0.1) is 5.10 Å². The molecular weight excluding hydrogens is 342 g/mol. The first-order valence-corrected chi connectivity index (χ1v) is 9.14. The molecule has 0 unspecified atom stereocenters. The number of aryl methyl sites for hydroxylation is 1. The van der Waals surface area contributed by atoms with Crippen LogP contribution in [0.5, 0.6) is 0 Å². The van der Waals surface area contributed by atoms with Crippen molar-refractivity contribution >= 4 is 17.6 Å². The number of amides is 1. The lowest BCUT2D eigenvalue weighted by atomic mass is 10.3. The van der Waals surface area contributed by atoms with Crippen molar-refractivity contribution in [3.05, 3.63) is 22.8 Å². The Hall–Kier alpha value is -1.91. The van der Waals surface area contributed by atoms with Gasteiger partial charge in [-0.05, 0) is 26.8 Å². The largest absolute Gasteiger partial charge is 0.379 e. The lowest BCUT2D eigenvalue weighted by Crippen LogP contribution is -2.38. The van der Waals surface area contributed by atoms with Crippen LogP contribution in [-0.4, -0.2) is 73.9 Å². The molecule has 1 aliphatic heterocycles. The normalized spacial score (nSPS) is 15.4. The predicted molar refractivity (Wildman–Crippen MR) is 92.7 cm³/mol. The standard InChI is InChI=1S/C15H23N7O2S/c1-11-13(19-25-18-11)10-22-12(2)14(17-20-22)15(23)16-4-3-5-21-6-8-24-9-7-21/h3-10H2,1-2H3,(H,16,23). The molecule has 0 aromatic carbocycles. The maximum Gasteiger partial charge on any atom is 0.273 e. The van der Waals surface area contributed by atoms with E-state index < -0.39 is 0 Å². The first-order valence-electron chi connectivity index (χ1n) is 8.41. The average Bonchev–Trinajstić information content (AvgIpc) is 3.19. The highest BCUT2D eigenvalue weighted by Gasteiger charge is 2.17. The van der Waals surface area contributed by atoms with Crippen molar-refractivity contribution in [3.8, 4) is 0 Å². The van der Waals surface area contributed by atoms with E-state index in [1.807, 2.05) is 13.8 Å². The van der Waals surface area contributed by atoms with Gasteiger partial charge in [0, 0.05) is 19.6 Å². The zero-order valence-electron chi connectivity index (χ0n) is 14.6. The molecule has 1 N–H and O–H groups in total. The number of hydrogen-bond donors (Lipinski definition) is 1. The molecule has 1 saturated heterocycles. The van der Waals surface area contributed by atoms with Gasteiger partial charge in [-0.3, -0.25) is 9.69 Å². The summed E-state index contributed by atoms with van der Waals surface area (Å²) in [5.74, 6) is -0.182. The maximum absolute atomic E-state index is 12.3. The van der Waals surface area contributed by atoms with Gasteiger partial charge in [0.15, 0.2) is 5.69 Å². The number of rotatable bonds is 7. The maximum atomic E-state index is 12.3. The van der Waals surface area contributed by atoms with E-state index in [0.717, 1.165) is 56.4 Å². The van der Waals surface area contributed by atoms with E-state index in [2.05, 4.69) is 29.3 Å². The molecule has 0 atom stereocenters. The molecule has 9 nitrogen and oxygen atoms in total. The van der Waals surface area contributed by atoms with Crippen LogP contribution in [0.1, 0.15) is 34.0 Å². The number of nitrogens with one attached hydrogen (secondary N) is 1. The third kappa shape index (κ3) is 4.59. The van der Waals surface area contributed by atoms with Crippen LogP contribution in [0.15, 0.2) is 0 Å². The monoisotopic (exact) mass is 365 g/mol. The second kappa shape index (κ2) is 8.45. The Bertz CT molecular complexity index is 709. The summed E-state index contributed by atoms with van der Waals surface area (Å²) in [6.45, 7) is 9.34. The van der Waals surface area contributed by atoms with Crippen molar-refractivity contribution in [1.82, 2.24) is 34.0 Å². The Labute approximate surface area is 150 Å². The molecule has 2 aromatic heterocycles. The summed E-state index contributed by atoms with van der Waals surface area (Å²) in [6, 6.07) is 0. The molecule has 0 bridgehead atoms. The van der Waals surface area contributed by atoms with Gasteiger partial charge < -0.3 is 10.1 Å². The number of morpholine rings is 1. The molecule has 0 saturated carbocycles. The van der Waals surface area contributed by atoms with E-state index in [4.69, 9.17) is 4.74 Å². The van der Waals surface area contributed by atoms with Crippen LogP contribution in [-0.2, 0) is 11.3 Å². The Morgan fingerprint density at radius 1 is 1.28 bits per heavy atom. The minimum atomic E-state index is -0.182. The smallest absolute Gasteiger partial charge is 0.273 e. The number of carbonyl (C=O) groups excluding carboxylic acids is 1. The first-order chi connectivity index (χ1) is 12.1. The summed E-state index contributed by atoms with van der Waals surface area (Å²) in [6.07, 6.45) is 0.905. The summed E-state index contributed by atoms with van der Waals surface area (Å²) in [5.41, 5.74) is 2.84. The molecule has 25 heavy (non-hydrogen) atoms. The van der Waals surface area contributed by atoms with Crippen molar-refractivity contribution in [2.75, 3.05) is 39.4 Å². The van der Waals surface area contributed by atoms with Crippen molar-refractivity contribution in [1.29, 1.82) is 0 Å². The number of hydrogen-bond acceptors (Lipinski definition) is 8. The van der Waals surface area contributed by atoms with E-state index in [9.17, 15) is 4.79 Å². The Morgan fingerprint density at radius 3 is 2.80 bits per heavy atom. The molecule has 1 amide bonds. The second-order valence-electron chi connectivity index (χ2n) is 6.04. The van der Waals surface area contributed by atoms with E-state index in [1.165, 1.54) is 11.7 Å². The summed E-state index contributed by atoms with van der Waals surface area (Å²) < 4.78 is 15.4. The van der Waals surface area contributed by atoms with Gasteiger partial charge in [-0.2, -0.15) is 8.75 Å². The van der Waals surface area contributed by atoms with Crippen LogP contribution in [0, 0.1) is 13.8 Å². The molecular formula is C15H23N7O2S. The fraction of sp³-hybridized carbons (Fsp3) is 0.667. The van der Waals surface area contributed by atoms with Crippen molar-refractivity contribution in [3.63, 3.8) is 0 Å². The molecule has 1 aliphatic rings. The Kier molecular flexibility index (Phi) is 6.05. The van der Waals surface area contributed by atoms with Crippen LogP contribution in [0.2, 0.25) is 0 Å². The van der Waals surface area contributed by atoms with Gasteiger partial charge in [0.05, 0.1) is 48.6 Å². The highest BCUT2D eigenvalue weighted by molar-refractivity contribution is 6.99. The molecule has 3 heterocycles. The van der Waals surface area contributed by atoms with Gasteiger partial charge in [0.25, 0.3) is 5.91 Å². The highest BCUT2D eigenvalue weighted by atomic mass is 32.1. The van der Waals surface area contributed by atoms with E-state index in [1.54, 1.807) is 4.68 Å². The van der Waals surface area contributed by atoms with Gasteiger partial charge in [0.2, 0.25) is 0 Å².